The van der Waals surface area contributed by atoms with Crippen molar-refractivity contribution in [1.29, 1.82) is 0 Å². The molecule has 1 aromatic heterocycles. The van der Waals surface area contributed by atoms with Crippen molar-refractivity contribution < 1.29 is 0 Å². The molecule has 1 fully saturated rings. The van der Waals surface area contributed by atoms with Crippen molar-refractivity contribution in [3.05, 3.63) is 15.6 Å². The molecule has 0 bridgehead atoms. The smallest absolute Gasteiger partial charge is 0.0900 e. The molecule has 2 rings (SSSR count). The maximum Gasteiger partial charge on any atom is 0.0900 e. The molecule has 0 radical (unpaired) electrons. The first-order valence-electron chi connectivity index (χ1n) is 7.67. The summed E-state index contributed by atoms with van der Waals surface area (Å²) in [5.41, 5.74) is 1.21. The van der Waals surface area contributed by atoms with Gasteiger partial charge in [0.2, 0.25) is 0 Å². The number of aromatic nitrogens is 1. The van der Waals surface area contributed by atoms with E-state index in [-0.39, 0.29) is 0 Å². The molecule has 3 atom stereocenters. The fourth-order valence-electron chi connectivity index (χ4n) is 3.36. The third kappa shape index (κ3) is 3.79. The maximum atomic E-state index is 4.55. The van der Waals surface area contributed by atoms with Gasteiger partial charge in [0.05, 0.1) is 10.7 Å². The molecule has 19 heavy (non-hydrogen) atoms. The first-order valence-corrected chi connectivity index (χ1v) is 8.49. The Morgan fingerprint density at radius 1 is 1.21 bits per heavy atom. The fraction of sp³-hybridized carbons (Fsp3) is 0.812. The van der Waals surface area contributed by atoms with Crippen LogP contribution in [0.4, 0.5) is 0 Å². The van der Waals surface area contributed by atoms with Gasteiger partial charge >= 0.3 is 0 Å². The summed E-state index contributed by atoms with van der Waals surface area (Å²) in [6.45, 7) is 11.3. The van der Waals surface area contributed by atoms with Gasteiger partial charge in [-0.25, -0.2) is 4.98 Å². The zero-order chi connectivity index (χ0) is 14.0. The van der Waals surface area contributed by atoms with Gasteiger partial charge in [0.1, 0.15) is 0 Å². The minimum Gasteiger partial charge on any atom is -0.307 e. The minimum absolute atomic E-state index is 0.446. The quantitative estimate of drug-likeness (QED) is 0.870. The third-order valence-corrected chi connectivity index (χ3v) is 5.73. The van der Waals surface area contributed by atoms with E-state index in [1.807, 2.05) is 11.3 Å². The van der Waals surface area contributed by atoms with Crippen LogP contribution in [0.1, 0.15) is 68.1 Å². The zero-order valence-electron chi connectivity index (χ0n) is 13.0. The van der Waals surface area contributed by atoms with Crippen molar-refractivity contribution in [2.45, 2.75) is 72.4 Å². The summed E-state index contributed by atoms with van der Waals surface area (Å²) in [4.78, 5) is 5.97. The number of hydrogen-bond acceptors (Lipinski definition) is 3. The molecule has 1 saturated carbocycles. The van der Waals surface area contributed by atoms with Gasteiger partial charge in [0.25, 0.3) is 0 Å². The average molecular weight is 280 g/mol. The Hall–Kier alpha value is -0.410. The van der Waals surface area contributed by atoms with Crippen LogP contribution in [-0.4, -0.2) is 11.0 Å². The topological polar surface area (TPSA) is 24.9 Å². The van der Waals surface area contributed by atoms with E-state index in [4.69, 9.17) is 0 Å². The SMILES string of the molecule is Cc1nc(C)c(C(C)NC2CCCC(C(C)C)C2)s1. The van der Waals surface area contributed by atoms with Crippen LogP contribution in [0.3, 0.4) is 0 Å². The lowest BCUT2D eigenvalue weighted by atomic mass is 9.79. The van der Waals surface area contributed by atoms with Gasteiger partial charge in [-0.05, 0) is 45.4 Å². The Kier molecular flexibility index (Phi) is 5.02. The normalized spacial score (nSPS) is 25.8. The fourth-order valence-corrected chi connectivity index (χ4v) is 4.30. The van der Waals surface area contributed by atoms with Crippen LogP contribution >= 0.6 is 11.3 Å². The molecule has 0 saturated heterocycles. The van der Waals surface area contributed by atoms with Crippen LogP contribution in [0.2, 0.25) is 0 Å². The summed E-state index contributed by atoms with van der Waals surface area (Å²) in [5.74, 6) is 1.73. The van der Waals surface area contributed by atoms with Crippen LogP contribution in [0, 0.1) is 25.7 Å². The molecule has 0 aromatic carbocycles. The second kappa shape index (κ2) is 6.36. The van der Waals surface area contributed by atoms with Crippen LogP contribution in [0.25, 0.3) is 0 Å². The van der Waals surface area contributed by atoms with Crippen LogP contribution in [-0.2, 0) is 0 Å². The van der Waals surface area contributed by atoms with Crippen molar-refractivity contribution in [3.63, 3.8) is 0 Å². The number of aryl methyl sites for hydroxylation is 2. The number of rotatable bonds is 4. The lowest BCUT2D eigenvalue weighted by Gasteiger charge is -2.33. The summed E-state index contributed by atoms with van der Waals surface area (Å²) in [6, 6.07) is 1.14. The Bertz CT molecular complexity index is 411. The molecule has 108 valence electrons. The van der Waals surface area contributed by atoms with E-state index in [0.29, 0.717) is 12.1 Å². The summed E-state index contributed by atoms with van der Waals surface area (Å²) < 4.78 is 0. The molecule has 2 nitrogen and oxygen atoms in total. The molecule has 1 aliphatic rings. The maximum absolute atomic E-state index is 4.55. The lowest BCUT2D eigenvalue weighted by molar-refractivity contribution is 0.223. The van der Waals surface area contributed by atoms with E-state index in [2.05, 4.69) is 44.9 Å². The van der Waals surface area contributed by atoms with Gasteiger partial charge in [-0.3, -0.25) is 0 Å². The largest absolute Gasteiger partial charge is 0.307 e. The van der Waals surface area contributed by atoms with Crippen molar-refractivity contribution in [2.75, 3.05) is 0 Å². The molecule has 1 aromatic rings. The summed E-state index contributed by atoms with van der Waals surface area (Å²) in [7, 11) is 0. The van der Waals surface area contributed by atoms with Gasteiger partial charge in [-0.15, -0.1) is 11.3 Å². The van der Waals surface area contributed by atoms with Crippen LogP contribution in [0.5, 0.6) is 0 Å². The Balaban J connectivity index is 1.95. The number of thiazole rings is 1. The van der Waals surface area contributed by atoms with Gasteiger partial charge in [-0.1, -0.05) is 26.7 Å². The summed E-state index contributed by atoms with van der Waals surface area (Å²) in [6.07, 6.45) is 5.49. The highest BCUT2D eigenvalue weighted by atomic mass is 32.1. The van der Waals surface area contributed by atoms with Gasteiger partial charge in [0, 0.05) is 17.0 Å². The highest BCUT2D eigenvalue weighted by molar-refractivity contribution is 7.11. The first kappa shape index (κ1) is 15.0. The second-order valence-electron chi connectivity index (χ2n) is 6.44. The van der Waals surface area contributed by atoms with E-state index in [0.717, 1.165) is 11.8 Å². The monoisotopic (exact) mass is 280 g/mol. The third-order valence-electron chi connectivity index (χ3n) is 4.48. The Morgan fingerprint density at radius 2 is 1.95 bits per heavy atom. The molecule has 0 amide bonds. The van der Waals surface area contributed by atoms with Crippen molar-refractivity contribution in [3.8, 4) is 0 Å². The predicted octanol–water partition coefficient (Wildman–Crippen LogP) is 4.63. The standard InChI is InChI=1S/C16H28N2S/c1-10(2)14-7-6-8-15(9-14)18-12(4)16-11(3)17-13(5)19-16/h10,12,14-15,18H,6-9H2,1-5H3. The van der Waals surface area contributed by atoms with E-state index in [9.17, 15) is 0 Å². The Labute approximate surface area is 122 Å². The summed E-state index contributed by atoms with van der Waals surface area (Å²) in [5, 5.41) is 5.03. The molecule has 3 heteroatoms. The summed E-state index contributed by atoms with van der Waals surface area (Å²) >= 11 is 1.84. The van der Waals surface area contributed by atoms with E-state index in [1.165, 1.54) is 41.3 Å². The van der Waals surface area contributed by atoms with Gasteiger partial charge in [-0.2, -0.15) is 0 Å². The molecule has 1 aliphatic carbocycles. The number of nitrogens with one attached hydrogen (secondary N) is 1. The predicted molar refractivity (Wildman–Crippen MR) is 83.7 cm³/mol. The molecular formula is C16H28N2S. The van der Waals surface area contributed by atoms with Crippen molar-refractivity contribution in [2.24, 2.45) is 11.8 Å². The van der Waals surface area contributed by atoms with Crippen LogP contribution < -0.4 is 5.32 Å². The molecule has 1 N–H and O–H groups in total. The lowest BCUT2D eigenvalue weighted by Crippen LogP contribution is -2.36. The van der Waals surface area contributed by atoms with Crippen molar-refractivity contribution in [1.82, 2.24) is 10.3 Å². The number of nitrogens with zero attached hydrogens (tertiary/aromatic N) is 1. The highest BCUT2D eigenvalue weighted by Crippen LogP contribution is 2.32. The van der Waals surface area contributed by atoms with Crippen LogP contribution in [0.15, 0.2) is 0 Å². The minimum atomic E-state index is 0.446. The highest BCUT2D eigenvalue weighted by Gasteiger charge is 2.25. The van der Waals surface area contributed by atoms with E-state index < -0.39 is 0 Å². The number of hydrogen-bond donors (Lipinski definition) is 1. The zero-order valence-corrected chi connectivity index (χ0v) is 13.8. The van der Waals surface area contributed by atoms with Gasteiger partial charge in [0.15, 0.2) is 0 Å². The molecule has 1 heterocycles. The van der Waals surface area contributed by atoms with Crippen molar-refractivity contribution >= 4 is 11.3 Å². The first-order chi connectivity index (χ1) is 8.97. The molecule has 3 unspecified atom stereocenters. The second-order valence-corrected chi connectivity index (χ2v) is 7.67. The molecule has 0 aliphatic heterocycles. The molecule has 0 spiro atoms. The van der Waals surface area contributed by atoms with E-state index in [1.54, 1.807) is 0 Å². The molecular weight excluding hydrogens is 252 g/mol. The van der Waals surface area contributed by atoms with E-state index >= 15 is 0 Å². The average Bonchev–Trinajstić information content (AvgIpc) is 2.69. The Morgan fingerprint density at radius 3 is 2.53 bits per heavy atom. The van der Waals surface area contributed by atoms with Gasteiger partial charge < -0.3 is 5.32 Å².